The molecule has 1 aromatic rings. The molecule has 2 nitrogen and oxygen atoms in total. The molecule has 0 radical (unpaired) electrons. The van der Waals surface area contributed by atoms with Gasteiger partial charge in [0.05, 0.1) is 0 Å². The highest BCUT2D eigenvalue weighted by atomic mass is 15.0. The average molecular weight is 248 g/mol. The zero-order valence-electron chi connectivity index (χ0n) is 12.4. The van der Waals surface area contributed by atoms with Crippen LogP contribution in [0.3, 0.4) is 0 Å². The van der Waals surface area contributed by atoms with Crippen LogP contribution >= 0.6 is 0 Å². The Morgan fingerprint density at radius 3 is 2.67 bits per heavy atom. The number of aromatic nitrogens is 1. The molecule has 1 saturated carbocycles. The van der Waals surface area contributed by atoms with Gasteiger partial charge in [-0.3, -0.25) is 0 Å². The van der Waals surface area contributed by atoms with Crippen LogP contribution in [-0.4, -0.2) is 11.1 Å². The maximum Gasteiger partial charge on any atom is 0.0223 e. The minimum Gasteiger partial charge on any atom is -0.349 e. The van der Waals surface area contributed by atoms with E-state index in [1.807, 2.05) is 0 Å². The molecule has 0 saturated heterocycles. The van der Waals surface area contributed by atoms with Gasteiger partial charge in [0, 0.05) is 24.5 Å². The van der Waals surface area contributed by atoms with Crippen LogP contribution in [0.2, 0.25) is 0 Å². The Labute approximate surface area is 112 Å². The SMILES string of the molecule is CCn1c(C)cc(CNCC2CCC(C)C2)c1C. The van der Waals surface area contributed by atoms with E-state index in [1.54, 1.807) is 0 Å². The summed E-state index contributed by atoms with van der Waals surface area (Å²) in [6, 6.07) is 2.34. The Kier molecular flexibility index (Phi) is 4.50. The molecule has 2 unspecified atom stereocenters. The van der Waals surface area contributed by atoms with E-state index in [-0.39, 0.29) is 0 Å². The highest BCUT2D eigenvalue weighted by molar-refractivity contribution is 5.26. The fourth-order valence-corrected chi connectivity index (χ4v) is 3.46. The highest BCUT2D eigenvalue weighted by Gasteiger charge is 2.20. The summed E-state index contributed by atoms with van der Waals surface area (Å²) in [4.78, 5) is 0. The van der Waals surface area contributed by atoms with Gasteiger partial charge < -0.3 is 9.88 Å². The van der Waals surface area contributed by atoms with E-state index < -0.39 is 0 Å². The van der Waals surface area contributed by atoms with Crippen LogP contribution < -0.4 is 5.32 Å². The molecule has 2 atom stereocenters. The van der Waals surface area contributed by atoms with Gasteiger partial charge in [0.2, 0.25) is 0 Å². The number of aryl methyl sites for hydroxylation is 1. The molecular weight excluding hydrogens is 220 g/mol. The van der Waals surface area contributed by atoms with E-state index in [1.165, 1.54) is 42.8 Å². The summed E-state index contributed by atoms with van der Waals surface area (Å²) in [6.07, 6.45) is 4.26. The molecule has 1 N–H and O–H groups in total. The molecule has 1 heterocycles. The summed E-state index contributed by atoms with van der Waals surface area (Å²) >= 11 is 0. The summed E-state index contributed by atoms with van der Waals surface area (Å²) in [5.41, 5.74) is 4.30. The predicted molar refractivity (Wildman–Crippen MR) is 77.8 cm³/mol. The topological polar surface area (TPSA) is 17.0 Å². The third-order valence-electron chi connectivity index (χ3n) is 4.55. The van der Waals surface area contributed by atoms with Crippen molar-refractivity contribution >= 4 is 0 Å². The van der Waals surface area contributed by atoms with Gasteiger partial charge in [0.15, 0.2) is 0 Å². The lowest BCUT2D eigenvalue weighted by molar-refractivity contribution is 0.470. The Balaban J connectivity index is 1.83. The van der Waals surface area contributed by atoms with E-state index >= 15 is 0 Å². The van der Waals surface area contributed by atoms with Crippen LogP contribution in [0.15, 0.2) is 6.07 Å². The predicted octanol–water partition coefficient (Wildman–Crippen LogP) is 3.65. The van der Waals surface area contributed by atoms with E-state index in [4.69, 9.17) is 0 Å². The minimum atomic E-state index is 0.912. The lowest BCUT2D eigenvalue weighted by Crippen LogP contribution is -2.21. The smallest absolute Gasteiger partial charge is 0.0223 e. The fourth-order valence-electron chi connectivity index (χ4n) is 3.46. The second-order valence-electron chi connectivity index (χ2n) is 6.06. The molecule has 1 aromatic heterocycles. The third kappa shape index (κ3) is 2.97. The lowest BCUT2D eigenvalue weighted by Gasteiger charge is -2.11. The zero-order valence-corrected chi connectivity index (χ0v) is 12.4. The number of nitrogens with one attached hydrogen (secondary N) is 1. The molecule has 102 valence electrons. The second-order valence-corrected chi connectivity index (χ2v) is 6.06. The van der Waals surface area contributed by atoms with Gasteiger partial charge in [-0.2, -0.15) is 0 Å². The van der Waals surface area contributed by atoms with Gasteiger partial charge in [-0.1, -0.05) is 13.3 Å². The van der Waals surface area contributed by atoms with Gasteiger partial charge in [0.25, 0.3) is 0 Å². The minimum absolute atomic E-state index is 0.912. The van der Waals surface area contributed by atoms with Crippen molar-refractivity contribution in [2.45, 2.75) is 60.0 Å². The van der Waals surface area contributed by atoms with Crippen molar-refractivity contribution in [1.29, 1.82) is 0 Å². The first-order chi connectivity index (χ1) is 8.61. The van der Waals surface area contributed by atoms with Crippen molar-refractivity contribution in [3.05, 3.63) is 23.0 Å². The fraction of sp³-hybridized carbons (Fsp3) is 0.750. The Bertz CT molecular complexity index is 392. The van der Waals surface area contributed by atoms with Crippen molar-refractivity contribution in [3.63, 3.8) is 0 Å². The maximum absolute atomic E-state index is 3.66. The summed E-state index contributed by atoms with van der Waals surface area (Å²) in [5, 5.41) is 3.66. The molecule has 2 heteroatoms. The number of hydrogen-bond acceptors (Lipinski definition) is 1. The number of rotatable bonds is 5. The summed E-state index contributed by atoms with van der Waals surface area (Å²) in [7, 11) is 0. The number of hydrogen-bond donors (Lipinski definition) is 1. The van der Waals surface area contributed by atoms with Crippen LogP contribution in [0.4, 0.5) is 0 Å². The molecule has 1 aliphatic rings. The quantitative estimate of drug-likeness (QED) is 0.841. The highest BCUT2D eigenvalue weighted by Crippen LogP contribution is 2.29. The molecule has 0 bridgehead atoms. The first-order valence-corrected chi connectivity index (χ1v) is 7.48. The van der Waals surface area contributed by atoms with Crippen molar-refractivity contribution in [2.75, 3.05) is 6.54 Å². The standard InChI is InChI=1S/C16H28N2/c1-5-18-13(3)9-16(14(18)4)11-17-10-15-7-6-12(2)8-15/h9,12,15,17H,5-8,10-11H2,1-4H3. The Hall–Kier alpha value is -0.760. The van der Waals surface area contributed by atoms with Gasteiger partial charge in [0.1, 0.15) is 0 Å². The molecule has 1 fully saturated rings. The van der Waals surface area contributed by atoms with Gasteiger partial charge in [-0.25, -0.2) is 0 Å². The van der Waals surface area contributed by atoms with Crippen molar-refractivity contribution in [2.24, 2.45) is 11.8 Å². The van der Waals surface area contributed by atoms with Crippen molar-refractivity contribution < 1.29 is 0 Å². The second kappa shape index (κ2) is 5.92. The summed E-state index contributed by atoms with van der Waals surface area (Å²) in [5.74, 6) is 1.86. The normalized spacial score (nSPS) is 23.8. The van der Waals surface area contributed by atoms with E-state index in [0.29, 0.717) is 0 Å². The van der Waals surface area contributed by atoms with E-state index in [9.17, 15) is 0 Å². The van der Waals surface area contributed by atoms with Crippen LogP contribution in [0.25, 0.3) is 0 Å². The first-order valence-electron chi connectivity index (χ1n) is 7.48. The lowest BCUT2D eigenvalue weighted by atomic mass is 10.1. The average Bonchev–Trinajstić information content (AvgIpc) is 2.85. The third-order valence-corrected chi connectivity index (χ3v) is 4.55. The molecule has 0 aromatic carbocycles. The number of nitrogens with zero attached hydrogens (tertiary/aromatic N) is 1. The van der Waals surface area contributed by atoms with Gasteiger partial charge >= 0.3 is 0 Å². The molecule has 2 rings (SSSR count). The van der Waals surface area contributed by atoms with Gasteiger partial charge in [-0.15, -0.1) is 0 Å². The molecular formula is C16H28N2. The summed E-state index contributed by atoms with van der Waals surface area (Å²) < 4.78 is 2.40. The Morgan fingerprint density at radius 2 is 2.11 bits per heavy atom. The summed E-state index contributed by atoms with van der Waals surface area (Å²) in [6.45, 7) is 12.4. The van der Waals surface area contributed by atoms with Crippen LogP contribution in [0, 0.1) is 25.7 Å². The monoisotopic (exact) mass is 248 g/mol. The van der Waals surface area contributed by atoms with Crippen molar-refractivity contribution in [1.82, 2.24) is 9.88 Å². The van der Waals surface area contributed by atoms with Crippen LogP contribution in [-0.2, 0) is 13.1 Å². The molecule has 0 aliphatic heterocycles. The largest absolute Gasteiger partial charge is 0.349 e. The molecule has 0 amide bonds. The first kappa shape index (κ1) is 13.7. The van der Waals surface area contributed by atoms with Gasteiger partial charge in [-0.05, 0) is 63.6 Å². The molecule has 1 aliphatic carbocycles. The zero-order chi connectivity index (χ0) is 13.1. The molecule has 18 heavy (non-hydrogen) atoms. The maximum atomic E-state index is 3.66. The Morgan fingerprint density at radius 1 is 1.33 bits per heavy atom. The van der Waals surface area contributed by atoms with Crippen molar-refractivity contribution in [3.8, 4) is 0 Å². The molecule has 0 spiro atoms. The van der Waals surface area contributed by atoms with Crippen LogP contribution in [0.5, 0.6) is 0 Å². The van der Waals surface area contributed by atoms with Crippen LogP contribution in [0.1, 0.15) is 50.1 Å². The van der Waals surface area contributed by atoms with E-state index in [2.05, 4.69) is 43.6 Å². The van der Waals surface area contributed by atoms with E-state index in [0.717, 1.165) is 24.9 Å².